The highest BCUT2D eigenvalue weighted by Crippen LogP contribution is 2.42. The Morgan fingerprint density at radius 1 is 1.53 bits per heavy atom. The van der Waals surface area contributed by atoms with Crippen molar-refractivity contribution in [3.63, 3.8) is 0 Å². The van der Waals surface area contributed by atoms with E-state index >= 15 is 0 Å². The summed E-state index contributed by atoms with van der Waals surface area (Å²) >= 11 is 0. The predicted molar refractivity (Wildman–Crippen MR) is 55.8 cm³/mol. The van der Waals surface area contributed by atoms with E-state index in [1.807, 2.05) is 0 Å². The first-order valence-electron chi connectivity index (χ1n) is 5.66. The van der Waals surface area contributed by atoms with Crippen molar-refractivity contribution in [2.24, 2.45) is 5.92 Å². The van der Waals surface area contributed by atoms with Crippen LogP contribution in [0.15, 0.2) is 0 Å². The number of carboxylic acid groups (broad SMARTS) is 1. The fourth-order valence-corrected chi connectivity index (χ4v) is 3.17. The van der Waals surface area contributed by atoms with Crippen LogP contribution < -0.4 is 0 Å². The standard InChI is InChI=1S/C11H19NO3/c1-12-5-2-9(8-10(13)14)11(12)3-6-15-7-4-11/h9H,2-8H2,1H3,(H,13,14). The molecule has 2 aliphatic rings. The van der Waals surface area contributed by atoms with Gasteiger partial charge in [0.1, 0.15) is 0 Å². The first kappa shape index (κ1) is 10.9. The van der Waals surface area contributed by atoms with Gasteiger partial charge in [0, 0.05) is 25.2 Å². The second-order valence-corrected chi connectivity index (χ2v) is 4.72. The third-order valence-corrected chi connectivity index (χ3v) is 4.11. The Morgan fingerprint density at radius 2 is 2.20 bits per heavy atom. The molecule has 0 aromatic heterocycles. The summed E-state index contributed by atoms with van der Waals surface area (Å²) in [5.41, 5.74) is 0.108. The van der Waals surface area contributed by atoms with Gasteiger partial charge in [-0.1, -0.05) is 0 Å². The third-order valence-electron chi connectivity index (χ3n) is 4.11. The van der Waals surface area contributed by atoms with Crippen LogP contribution >= 0.6 is 0 Å². The quantitative estimate of drug-likeness (QED) is 0.742. The van der Waals surface area contributed by atoms with E-state index in [9.17, 15) is 4.79 Å². The summed E-state index contributed by atoms with van der Waals surface area (Å²) in [6.45, 7) is 2.58. The van der Waals surface area contributed by atoms with Gasteiger partial charge in [0.15, 0.2) is 0 Å². The Hall–Kier alpha value is -0.610. The van der Waals surface area contributed by atoms with E-state index in [1.54, 1.807) is 0 Å². The van der Waals surface area contributed by atoms with E-state index in [4.69, 9.17) is 9.84 Å². The average molecular weight is 213 g/mol. The van der Waals surface area contributed by atoms with Crippen LogP contribution in [0.5, 0.6) is 0 Å². The van der Waals surface area contributed by atoms with E-state index in [0.29, 0.717) is 12.3 Å². The van der Waals surface area contributed by atoms with Crippen molar-refractivity contribution in [2.45, 2.75) is 31.2 Å². The van der Waals surface area contributed by atoms with Crippen molar-refractivity contribution in [3.05, 3.63) is 0 Å². The van der Waals surface area contributed by atoms with Crippen molar-refractivity contribution in [3.8, 4) is 0 Å². The summed E-state index contributed by atoms with van der Waals surface area (Å²) in [5.74, 6) is -0.356. The van der Waals surface area contributed by atoms with E-state index in [2.05, 4.69) is 11.9 Å². The van der Waals surface area contributed by atoms with Gasteiger partial charge in [0.2, 0.25) is 0 Å². The van der Waals surface area contributed by atoms with Crippen LogP contribution in [0, 0.1) is 5.92 Å². The van der Waals surface area contributed by atoms with E-state index in [-0.39, 0.29) is 5.54 Å². The molecule has 2 rings (SSSR count). The van der Waals surface area contributed by atoms with Crippen LogP contribution in [0.25, 0.3) is 0 Å². The zero-order chi connectivity index (χ0) is 10.9. The molecule has 2 saturated heterocycles. The van der Waals surface area contributed by atoms with Crippen LogP contribution in [-0.2, 0) is 9.53 Å². The number of hydrogen-bond donors (Lipinski definition) is 1. The average Bonchev–Trinajstić information content (AvgIpc) is 2.48. The summed E-state index contributed by atoms with van der Waals surface area (Å²) in [6, 6.07) is 0. The Labute approximate surface area is 90.2 Å². The molecule has 2 heterocycles. The number of rotatable bonds is 2. The van der Waals surface area contributed by atoms with E-state index in [0.717, 1.165) is 39.0 Å². The zero-order valence-electron chi connectivity index (χ0n) is 9.24. The molecule has 0 radical (unpaired) electrons. The normalized spacial score (nSPS) is 30.9. The lowest BCUT2D eigenvalue weighted by atomic mass is 9.77. The van der Waals surface area contributed by atoms with Gasteiger partial charge in [-0.05, 0) is 38.8 Å². The highest BCUT2D eigenvalue weighted by molar-refractivity contribution is 5.67. The number of likely N-dealkylation sites (tertiary alicyclic amines) is 1. The largest absolute Gasteiger partial charge is 0.481 e. The topological polar surface area (TPSA) is 49.8 Å². The van der Waals surface area contributed by atoms with Crippen LogP contribution in [-0.4, -0.2) is 48.3 Å². The first-order valence-corrected chi connectivity index (χ1v) is 5.66. The van der Waals surface area contributed by atoms with Gasteiger partial charge in [0.25, 0.3) is 0 Å². The molecule has 1 N–H and O–H groups in total. The number of carbonyl (C=O) groups is 1. The highest BCUT2D eigenvalue weighted by atomic mass is 16.5. The van der Waals surface area contributed by atoms with Crippen molar-refractivity contribution < 1.29 is 14.6 Å². The van der Waals surface area contributed by atoms with Gasteiger partial charge >= 0.3 is 5.97 Å². The fraction of sp³-hybridized carbons (Fsp3) is 0.909. The van der Waals surface area contributed by atoms with Crippen molar-refractivity contribution in [1.82, 2.24) is 4.90 Å². The fourth-order valence-electron chi connectivity index (χ4n) is 3.17. The van der Waals surface area contributed by atoms with Crippen LogP contribution in [0.1, 0.15) is 25.7 Å². The smallest absolute Gasteiger partial charge is 0.303 e. The zero-order valence-corrected chi connectivity index (χ0v) is 9.24. The SMILES string of the molecule is CN1CCC(CC(=O)O)C12CCOCC2. The third kappa shape index (κ3) is 1.88. The van der Waals surface area contributed by atoms with Gasteiger partial charge in [-0.2, -0.15) is 0 Å². The number of ether oxygens (including phenoxy) is 1. The van der Waals surface area contributed by atoms with Crippen LogP contribution in [0.3, 0.4) is 0 Å². The molecular weight excluding hydrogens is 194 g/mol. The molecule has 0 bridgehead atoms. The van der Waals surface area contributed by atoms with Gasteiger partial charge in [0.05, 0.1) is 0 Å². The lowest BCUT2D eigenvalue weighted by Gasteiger charge is -2.43. The molecule has 1 unspecified atom stereocenters. The minimum atomic E-state index is -0.666. The maximum absolute atomic E-state index is 10.8. The van der Waals surface area contributed by atoms with Gasteiger partial charge in [-0.25, -0.2) is 0 Å². The molecule has 2 aliphatic heterocycles. The molecule has 0 aromatic rings. The molecule has 15 heavy (non-hydrogen) atoms. The second kappa shape index (κ2) is 4.10. The molecule has 0 saturated carbocycles. The maximum Gasteiger partial charge on any atom is 0.303 e. The summed E-state index contributed by atoms with van der Waals surface area (Å²) in [6.07, 6.45) is 3.30. The Bertz CT molecular complexity index is 248. The minimum Gasteiger partial charge on any atom is -0.481 e. The molecule has 1 spiro atoms. The number of carboxylic acids is 1. The van der Waals surface area contributed by atoms with Gasteiger partial charge in [-0.3, -0.25) is 4.79 Å². The van der Waals surface area contributed by atoms with Crippen molar-refractivity contribution in [1.29, 1.82) is 0 Å². The maximum atomic E-state index is 10.8. The lowest BCUT2D eigenvalue weighted by molar-refractivity contribution is -0.139. The van der Waals surface area contributed by atoms with Crippen LogP contribution in [0.4, 0.5) is 0 Å². The summed E-state index contributed by atoms with van der Waals surface area (Å²) in [5, 5.41) is 8.92. The lowest BCUT2D eigenvalue weighted by Crippen LogP contribution is -2.50. The highest BCUT2D eigenvalue weighted by Gasteiger charge is 2.47. The van der Waals surface area contributed by atoms with Gasteiger partial charge in [-0.15, -0.1) is 0 Å². The van der Waals surface area contributed by atoms with E-state index in [1.165, 1.54) is 0 Å². The van der Waals surface area contributed by atoms with E-state index < -0.39 is 5.97 Å². The predicted octanol–water partition coefficient (Wildman–Crippen LogP) is 0.962. The first-order chi connectivity index (χ1) is 7.15. The summed E-state index contributed by atoms with van der Waals surface area (Å²) < 4.78 is 5.38. The van der Waals surface area contributed by atoms with Crippen molar-refractivity contribution >= 4 is 5.97 Å². The summed E-state index contributed by atoms with van der Waals surface area (Å²) in [4.78, 5) is 13.2. The molecule has 86 valence electrons. The molecule has 0 aliphatic carbocycles. The Morgan fingerprint density at radius 3 is 2.80 bits per heavy atom. The molecule has 2 fully saturated rings. The van der Waals surface area contributed by atoms with Crippen molar-refractivity contribution in [2.75, 3.05) is 26.8 Å². The molecule has 0 aromatic carbocycles. The number of nitrogens with zero attached hydrogens (tertiary/aromatic N) is 1. The molecular formula is C11H19NO3. The molecule has 4 heteroatoms. The molecule has 4 nitrogen and oxygen atoms in total. The minimum absolute atomic E-state index is 0.108. The number of hydrogen-bond acceptors (Lipinski definition) is 3. The van der Waals surface area contributed by atoms with Crippen LogP contribution in [0.2, 0.25) is 0 Å². The Balaban J connectivity index is 2.12. The summed E-state index contributed by atoms with van der Waals surface area (Å²) in [7, 11) is 2.12. The molecule has 0 amide bonds. The van der Waals surface area contributed by atoms with Gasteiger partial charge < -0.3 is 14.7 Å². The second-order valence-electron chi connectivity index (χ2n) is 4.72. The molecule has 1 atom stereocenters. The number of aliphatic carboxylic acids is 1. The Kier molecular flexibility index (Phi) is 2.98. The monoisotopic (exact) mass is 213 g/mol.